The summed E-state index contributed by atoms with van der Waals surface area (Å²) in [5.41, 5.74) is 6.34. The lowest BCUT2D eigenvalue weighted by Crippen LogP contribution is -3.06. The van der Waals surface area contributed by atoms with Crippen LogP contribution in [0.2, 0.25) is 0 Å². The van der Waals surface area contributed by atoms with Gasteiger partial charge in [-0.25, -0.2) is 5.32 Å². The van der Waals surface area contributed by atoms with Crippen molar-refractivity contribution in [2.45, 2.75) is 82.4 Å². The summed E-state index contributed by atoms with van der Waals surface area (Å²) in [7, 11) is 1.85. The van der Waals surface area contributed by atoms with Crippen LogP contribution in [0.1, 0.15) is 57.8 Å². The van der Waals surface area contributed by atoms with E-state index >= 15 is 0 Å². The van der Waals surface area contributed by atoms with E-state index in [1.807, 2.05) is 7.11 Å². The lowest BCUT2D eigenvalue weighted by atomic mass is 9.81. The zero-order chi connectivity index (χ0) is 15.4. The summed E-state index contributed by atoms with van der Waals surface area (Å²) >= 11 is 0. The van der Waals surface area contributed by atoms with Crippen molar-refractivity contribution in [1.82, 2.24) is 10.6 Å². The maximum absolute atomic E-state index is 6.34. The van der Waals surface area contributed by atoms with Gasteiger partial charge in [-0.2, -0.15) is 0 Å². The largest absolute Gasteiger partial charge is 0.381 e. The Bertz CT molecular complexity index is 333. The van der Waals surface area contributed by atoms with Crippen LogP contribution in [0, 0.1) is 11.8 Å². The van der Waals surface area contributed by atoms with Crippen molar-refractivity contribution in [2.75, 3.05) is 13.7 Å². The molecule has 5 heteroatoms. The standard InChI is InChI=1S/C17H34N4O/c1-22-13-8-6-12(7-9-13)10-11-19-17-20-15-5-3-2-4-14(15)16(18)21-17/h12-17,19-21H,2-11,18H2,1H3/p+1. The van der Waals surface area contributed by atoms with Crippen LogP contribution >= 0.6 is 0 Å². The zero-order valence-corrected chi connectivity index (χ0v) is 14.1. The van der Waals surface area contributed by atoms with Gasteiger partial charge in [0.25, 0.3) is 0 Å². The first-order valence-corrected chi connectivity index (χ1v) is 9.39. The molecule has 4 atom stereocenters. The molecule has 0 aromatic heterocycles. The van der Waals surface area contributed by atoms with E-state index in [4.69, 9.17) is 10.5 Å². The van der Waals surface area contributed by atoms with Crippen LogP contribution in [0.25, 0.3) is 0 Å². The summed E-state index contributed by atoms with van der Waals surface area (Å²) < 4.78 is 5.46. The lowest BCUT2D eigenvalue weighted by Gasteiger charge is -2.42. The van der Waals surface area contributed by atoms with E-state index < -0.39 is 0 Å². The van der Waals surface area contributed by atoms with E-state index in [0.29, 0.717) is 18.3 Å². The Hall–Kier alpha value is -0.200. The molecule has 128 valence electrons. The molecule has 6 N–H and O–H groups in total. The molecular weight excluding hydrogens is 276 g/mol. The third-order valence-electron chi connectivity index (χ3n) is 6.19. The minimum Gasteiger partial charge on any atom is -0.381 e. The molecule has 3 fully saturated rings. The van der Waals surface area contributed by atoms with Crippen LogP contribution in [0.3, 0.4) is 0 Å². The van der Waals surface area contributed by atoms with Crippen LogP contribution in [-0.2, 0) is 4.74 Å². The van der Waals surface area contributed by atoms with E-state index in [2.05, 4.69) is 16.0 Å². The van der Waals surface area contributed by atoms with Crippen LogP contribution < -0.4 is 21.7 Å². The molecule has 1 saturated heterocycles. The molecule has 1 aliphatic heterocycles. The summed E-state index contributed by atoms with van der Waals surface area (Å²) in [4.78, 5) is 0. The van der Waals surface area contributed by atoms with Gasteiger partial charge in [-0.05, 0) is 57.3 Å². The molecule has 0 aromatic carbocycles. The molecule has 0 amide bonds. The summed E-state index contributed by atoms with van der Waals surface area (Å²) in [5, 5.41) is 9.74. The normalized spacial score (nSPS) is 42.8. The summed E-state index contributed by atoms with van der Waals surface area (Å²) in [6.45, 7) is 1.10. The molecule has 4 unspecified atom stereocenters. The smallest absolute Gasteiger partial charge is 0.198 e. The second kappa shape index (κ2) is 8.06. The fourth-order valence-electron chi connectivity index (χ4n) is 4.73. The number of hydrogen-bond donors (Lipinski definition) is 4. The van der Waals surface area contributed by atoms with E-state index in [9.17, 15) is 0 Å². The van der Waals surface area contributed by atoms with Crippen molar-refractivity contribution in [1.29, 1.82) is 0 Å². The van der Waals surface area contributed by atoms with Crippen molar-refractivity contribution in [3.05, 3.63) is 0 Å². The van der Waals surface area contributed by atoms with E-state index in [-0.39, 0.29) is 6.17 Å². The Morgan fingerprint density at radius 3 is 2.68 bits per heavy atom. The van der Waals surface area contributed by atoms with E-state index in [1.165, 1.54) is 57.8 Å². The lowest BCUT2D eigenvalue weighted by molar-refractivity contribution is -0.749. The first-order valence-electron chi connectivity index (χ1n) is 9.39. The van der Waals surface area contributed by atoms with Crippen LogP contribution in [-0.4, -0.2) is 38.3 Å². The number of nitrogens with two attached hydrogens (primary N) is 2. The van der Waals surface area contributed by atoms with Gasteiger partial charge in [0.2, 0.25) is 0 Å². The highest BCUT2D eigenvalue weighted by molar-refractivity contribution is 4.84. The van der Waals surface area contributed by atoms with Gasteiger partial charge in [0.1, 0.15) is 0 Å². The zero-order valence-electron chi connectivity index (χ0n) is 14.1. The van der Waals surface area contributed by atoms with Crippen LogP contribution in [0.4, 0.5) is 0 Å². The van der Waals surface area contributed by atoms with Crippen molar-refractivity contribution >= 4 is 0 Å². The van der Waals surface area contributed by atoms with Gasteiger partial charge in [0.05, 0.1) is 18.3 Å². The molecule has 3 aliphatic rings. The monoisotopic (exact) mass is 311 g/mol. The Labute approximate surface area is 135 Å². The highest BCUT2D eigenvalue weighted by atomic mass is 16.5. The predicted octanol–water partition coefficient (Wildman–Crippen LogP) is 0.465. The average molecular weight is 311 g/mol. The van der Waals surface area contributed by atoms with Crippen molar-refractivity contribution in [2.24, 2.45) is 17.6 Å². The van der Waals surface area contributed by atoms with Gasteiger partial charge in [-0.1, -0.05) is 6.42 Å². The summed E-state index contributed by atoms with van der Waals surface area (Å²) in [5.74, 6) is 1.54. The molecule has 5 nitrogen and oxygen atoms in total. The molecule has 1 heterocycles. The molecule has 0 aromatic rings. The van der Waals surface area contributed by atoms with Gasteiger partial charge >= 0.3 is 0 Å². The van der Waals surface area contributed by atoms with Gasteiger partial charge in [-0.15, -0.1) is 0 Å². The maximum atomic E-state index is 6.34. The minimum atomic E-state index is 0.171. The first kappa shape index (κ1) is 16.7. The van der Waals surface area contributed by atoms with E-state index in [1.54, 1.807) is 0 Å². The second-order valence-electron chi connectivity index (χ2n) is 7.60. The molecule has 3 rings (SSSR count). The quantitative estimate of drug-likeness (QED) is 0.595. The minimum absolute atomic E-state index is 0.171. The Balaban J connectivity index is 1.35. The third kappa shape index (κ3) is 4.20. The van der Waals surface area contributed by atoms with Crippen LogP contribution in [0.15, 0.2) is 0 Å². The average Bonchev–Trinajstić information content (AvgIpc) is 2.56. The van der Waals surface area contributed by atoms with Crippen molar-refractivity contribution in [3.8, 4) is 0 Å². The molecule has 0 bridgehead atoms. The Morgan fingerprint density at radius 2 is 1.91 bits per heavy atom. The number of ether oxygens (including phenoxy) is 1. The second-order valence-corrected chi connectivity index (χ2v) is 7.60. The van der Waals surface area contributed by atoms with Gasteiger partial charge in [0, 0.05) is 19.6 Å². The highest BCUT2D eigenvalue weighted by Crippen LogP contribution is 2.28. The molecule has 2 saturated carbocycles. The Morgan fingerprint density at radius 1 is 1.14 bits per heavy atom. The summed E-state index contributed by atoms with van der Waals surface area (Å²) in [6, 6.07) is 0.722. The van der Waals surface area contributed by atoms with Crippen molar-refractivity contribution < 1.29 is 10.1 Å². The third-order valence-corrected chi connectivity index (χ3v) is 6.19. The molecule has 2 aliphatic carbocycles. The fraction of sp³-hybridized carbons (Fsp3) is 1.00. The van der Waals surface area contributed by atoms with E-state index in [0.717, 1.165) is 18.5 Å². The number of quaternary nitrogens is 1. The van der Waals surface area contributed by atoms with Gasteiger partial charge in [-0.3, -0.25) is 5.32 Å². The maximum Gasteiger partial charge on any atom is 0.198 e. The van der Waals surface area contributed by atoms with Gasteiger partial charge in [0.15, 0.2) is 6.29 Å². The highest BCUT2D eigenvalue weighted by Gasteiger charge is 2.39. The SMILES string of the molecule is COC1CCC(CCNC2NC(N)C3CCCCC3[NH2+]2)CC1. The molecule has 22 heavy (non-hydrogen) atoms. The number of nitrogens with one attached hydrogen (secondary N) is 2. The van der Waals surface area contributed by atoms with Gasteiger partial charge < -0.3 is 15.8 Å². The topological polar surface area (TPSA) is 75.9 Å². The van der Waals surface area contributed by atoms with Crippen LogP contribution in [0.5, 0.6) is 0 Å². The first-order chi connectivity index (χ1) is 10.8. The Kier molecular flexibility index (Phi) is 6.10. The number of fused-ring (bicyclic) bond motifs is 1. The fourth-order valence-corrected chi connectivity index (χ4v) is 4.73. The number of rotatable bonds is 5. The van der Waals surface area contributed by atoms with Crippen molar-refractivity contribution in [3.63, 3.8) is 0 Å². The predicted molar refractivity (Wildman–Crippen MR) is 87.9 cm³/mol. The molecular formula is C17H35N4O+. The number of hydrogen-bond acceptors (Lipinski definition) is 4. The summed E-state index contributed by atoms with van der Waals surface area (Å²) in [6.07, 6.45) is 12.8. The molecule has 0 radical (unpaired) electrons. The molecule has 0 spiro atoms. The number of methoxy groups -OCH3 is 1.